The summed E-state index contributed by atoms with van der Waals surface area (Å²) in [7, 11) is 0. The third-order valence-corrected chi connectivity index (χ3v) is 4.51. The average molecular weight is 297 g/mol. The lowest BCUT2D eigenvalue weighted by molar-refractivity contribution is 0.112. The van der Waals surface area contributed by atoms with E-state index in [1.54, 1.807) is 0 Å². The van der Waals surface area contributed by atoms with Crippen molar-refractivity contribution >= 4 is 23.0 Å². The maximum absolute atomic E-state index is 11.5. The molecule has 0 spiro atoms. The van der Waals surface area contributed by atoms with Crippen LogP contribution in [0.4, 0.5) is 5.82 Å². The molecule has 1 aliphatic rings. The zero-order valence-electron chi connectivity index (χ0n) is 13.6. The number of aryl methyl sites for hydroxylation is 2. The minimum absolute atomic E-state index is 0.697. The minimum Gasteiger partial charge on any atom is -0.353 e. The van der Waals surface area contributed by atoms with Crippen LogP contribution >= 0.6 is 0 Å². The Balaban J connectivity index is 2.03. The molecule has 1 aliphatic heterocycles. The topological polar surface area (TPSA) is 36.4 Å². The van der Waals surface area contributed by atoms with E-state index in [2.05, 4.69) is 42.7 Å². The van der Waals surface area contributed by atoms with Gasteiger partial charge in [-0.15, -0.1) is 0 Å². The Hall–Kier alpha value is -1.94. The van der Waals surface area contributed by atoms with Crippen molar-refractivity contribution in [2.75, 3.05) is 37.6 Å². The fraction of sp³-hybridized carbons (Fsp3) is 0.444. The van der Waals surface area contributed by atoms with E-state index in [4.69, 9.17) is 4.98 Å². The highest BCUT2D eigenvalue weighted by molar-refractivity contribution is 5.93. The third-order valence-electron chi connectivity index (χ3n) is 4.51. The summed E-state index contributed by atoms with van der Waals surface area (Å²) in [6.45, 7) is 11.3. The standard InChI is InChI=1S/C18H23N3O/c1-4-20-5-7-21(8-6-20)18-16(12-22)11-15-10-13(2)9-14(3)17(15)19-18/h9-12H,4-8H2,1-3H3. The predicted molar refractivity (Wildman–Crippen MR) is 90.9 cm³/mol. The number of fused-ring (bicyclic) bond motifs is 1. The lowest BCUT2D eigenvalue weighted by Crippen LogP contribution is -2.46. The second-order valence-electron chi connectivity index (χ2n) is 6.09. The van der Waals surface area contributed by atoms with Gasteiger partial charge in [0.05, 0.1) is 11.1 Å². The van der Waals surface area contributed by atoms with Crippen molar-refractivity contribution in [3.63, 3.8) is 0 Å². The highest BCUT2D eigenvalue weighted by atomic mass is 16.1. The van der Waals surface area contributed by atoms with Gasteiger partial charge in [-0.25, -0.2) is 4.98 Å². The van der Waals surface area contributed by atoms with Crippen LogP contribution in [0.1, 0.15) is 28.4 Å². The molecule has 1 fully saturated rings. The van der Waals surface area contributed by atoms with E-state index >= 15 is 0 Å². The number of hydrogen-bond acceptors (Lipinski definition) is 4. The van der Waals surface area contributed by atoms with Crippen LogP contribution in [-0.4, -0.2) is 48.9 Å². The van der Waals surface area contributed by atoms with Crippen LogP contribution in [0.25, 0.3) is 10.9 Å². The maximum Gasteiger partial charge on any atom is 0.153 e. The third kappa shape index (κ3) is 2.71. The molecule has 1 aromatic carbocycles. The number of anilines is 1. The fourth-order valence-electron chi connectivity index (χ4n) is 3.27. The highest BCUT2D eigenvalue weighted by Gasteiger charge is 2.20. The average Bonchev–Trinajstić information content (AvgIpc) is 2.53. The zero-order valence-corrected chi connectivity index (χ0v) is 13.6. The van der Waals surface area contributed by atoms with E-state index in [0.717, 1.165) is 55.7 Å². The van der Waals surface area contributed by atoms with Crippen molar-refractivity contribution in [3.8, 4) is 0 Å². The molecule has 0 saturated carbocycles. The van der Waals surface area contributed by atoms with Crippen molar-refractivity contribution < 1.29 is 4.79 Å². The molecule has 0 unspecified atom stereocenters. The number of rotatable bonds is 3. The molecule has 4 nitrogen and oxygen atoms in total. The van der Waals surface area contributed by atoms with Crippen molar-refractivity contribution in [3.05, 3.63) is 34.9 Å². The number of carbonyl (C=O) groups excluding carboxylic acids is 1. The van der Waals surface area contributed by atoms with Gasteiger partial charge >= 0.3 is 0 Å². The smallest absolute Gasteiger partial charge is 0.153 e. The van der Waals surface area contributed by atoms with E-state index in [1.807, 2.05) is 6.07 Å². The predicted octanol–water partition coefficient (Wildman–Crippen LogP) is 2.81. The maximum atomic E-state index is 11.5. The number of pyridine rings is 1. The molecule has 4 heteroatoms. The summed E-state index contributed by atoms with van der Waals surface area (Å²) in [5.74, 6) is 0.838. The Morgan fingerprint density at radius 3 is 2.50 bits per heavy atom. The van der Waals surface area contributed by atoms with Crippen molar-refractivity contribution in [1.82, 2.24) is 9.88 Å². The molecule has 2 aromatic rings. The van der Waals surface area contributed by atoms with Crippen LogP contribution < -0.4 is 4.90 Å². The summed E-state index contributed by atoms with van der Waals surface area (Å²) in [5, 5.41) is 1.05. The number of likely N-dealkylation sites (N-methyl/N-ethyl adjacent to an activating group) is 1. The van der Waals surface area contributed by atoms with Crippen molar-refractivity contribution in [2.45, 2.75) is 20.8 Å². The summed E-state index contributed by atoms with van der Waals surface area (Å²) >= 11 is 0. The molecule has 0 aliphatic carbocycles. The summed E-state index contributed by atoms with van der Waals surface area (Å²) in [6.07, 6.45) is 0.936. The molecule has 0 atom stereocenters. The number of nitrogens with zero attached hydrogens (tertiary/aromatic N) is 3. The molecule has 0 bridgehead atoms. The van der Waals surface area contributed by atoms with E-state index in [-0.39, 0.29) is 0 Å². The number of carbonyl (C=O) groups is 1. The SMILES string of the molecule is CCN1CCN(c2nc3c(C)cc(C)cc3cc2C=O)CC1. The van der Waals surface area contributed by atoms with E-state index in [9.17, 15) is 4.79 Å². The fourth-order valence-corrected chi connectivity index (χ4v) is 3.27. The summed E-state index contributed by atoms with van der Waals surface area (Å²) < 4.78 is 0. The number of aromatic nitrogens is 1. The van der Waals surface area contributed by atoms with Gasteiger partial charge in [0.1, 0.15) is 5.82 Å². The Morgan fingerprint density at radius 1 is 1.14 bits per heavy atom. The quantitative estimate of drug-likeness (QED) is 0.816. The van der Waals surface area contributed by atoms with Gasteiger partial charge in [0.2, 0.25) is 0 Å². The number of hydrogen-bond donors (Lipinski definition) is 0. The Bertz CT molecular complexity index is 703. The van der Waals surface area contributed by atoms with Gasteiger partial charge in [0, 0.05) is 31.6 Å². The van der Waals surface area contributed by atoms with Gasteiger partial charge in [0.15, 0.2) is 6.29 Å². The molecular formula is C18H23N3O. The Morgan fingerprint density at radius 2 is 1.86 bits per heavy atom. The first-order valence-corrected chi connectivity index (χ1v) is 7.97. The van der Waals surface area contributed by atoms with Gasteiger partial charge in [-0.05, 0) is 38.1 Å². The lowest BCUT2D eigenvalue weighted by atomic mass is 10.0. The largest absolute Gasteiger partial charge is 0.353 e. The van der Waals surface area contributed by atoms with E-state index in [0.29, 0.717) is 5.56 Å². The Labute approximate surface area is 131 Å². The molecule has 3 rings (SSSR count). The Kier molecular flexibility index (Phi) is 4.12. The molecule has 22 heavy (non-hydrogen) atoms. The zero-order chi connectivity index (χ0) is 15.7. The summed E-state index contributed by atoms with van der Waals surface area (Å²) in [4.78, 5) is 21.0. The molecule has 0 N–H and O–H groups in total. The molecule has 116 valence electrons. The van der Waals surface area contributed by atoms with E-state index < -0.39 is 0 Å². The second-order valence-corrected chi connectivity index (χ2v) is 6.09. The number of aldehydes is 1. The normalized spacial score (nSPS) is 16.2. The van der Waals surface area contributed by atoms with Crippen LogP contribution in [0.3, 0.4) is 0 Å². The number of benzene rings is 1. The molecule has 2 heterocycles. The first-order chi connectivity index (χ1) is 10.6. The second kappa shape index (κ2) is 6.05. The lowest BCUT2D eigenvalue weighted by Gasteiger charge is -2.35. The molecule has 1 saturated heterocycles. The van der Waals surface area contributed by atoms with Gasteiger partial charge in [-0.2, -0.15) is 0 Å². The first kappa shape index (κ1) is 15.0. The van der Waals surface area contributed by atoms with Gasteiger partial charge < -0.3 is 9.80 Å². The summed E-state index contributed by atoms with van der Waals surface area (Å²) in [5.41, 5.74) is 4.07. The van der Waals surface area contributed by atoms with Crippen LogP contribution in [0.5, 0.6) is 0 Å². The minimum atomic E-state index is 0.697. The van der Waals surface area contributed by atoms with Gasteiger partial charge in [0.25, 0.3) is 0 Å². The first-order valence-electron chi connectivity index (χ1n) is 7.97. The van der Waals surface area contributed by atoms with Crippen LogP contribution in [0, 0.1) is 13.8 Å². The van der Waals surface area contributed by atoms with Crippen molar-refractivity contribution in [1.29, 1.82) is 0 Å². The summed E-state index contributed by atoms with van der Waals surface area (Å²) in [6, 6.07) is 6.23. The molecule has 1 aromatic heterocycles. The van der Waals surface area contributed by atoms with Gasteiger partial charge in [-0.3, -0.25) is 4.79 Å². The van der Waals surface area contributed by atoms with Crippen molar-refractivity contribution in [2.24, 2.45) is 0 Å². The molecular weight excluding hydrogens is 274 g/mol. The number of piperazine rings is 1. The van der Waals surface area contributed by atoms with Crippen LogP contribution in [0.15, 0.2) is 18.2 Å². The van der Waals surface area contributed by atoms with Crippen LogP contribution in [-0.2, 0) is 0 Å². The highest BCUT2D eigenvalue weighted by Crippen LogP contribution is 2.26. The molecule has 0 amide bonds. The monoisotopic (exact) mass is 297 g/mol. The van der Waals surface area contributed by atoms with Crippen LogP contribution in [0.2, 0.25) is 0 Å². The molecule has 0 radical (unpaired) electrons. The van der Waals surface area contributed by atoms with Gasteiger partial charge in [-0.1, -0.05) is 18.6 Å². The van der Waals surface area contributed by atoms with E-state index in [1.165, 1.54) is 11.1 Å².